The number of benzene rings is 1. The van der Waals surface area contributed by atoms with Gasteiger partial charge in [-0.2, -0.15) is 0 Å². The molecule has 1 fully saturated rings. The largest absolute Gasteiger partial charge is 0.493 e. The zero-order valence-corrected chi connectivity index (χ0v) is 12.2. The Morgan fingerprint density at radius 2 is 1.89 bits per heavy atom. The Balaban J connectivity index is 2.15. The fraction of sp³-hybridized carbons (Fsp3) is 0.600. The second-order valence-corrected chi connectivity index (χ2v) is 5.07. The van der Waals surface area contributed by atoms with E-state index in [0.717, 1.165) is 42.2 Å². The second-order valence-electron chi connectivity index (χ2n) is 5.07. The van der Waals surface area contributed by atoms with Gasteiger partial charge < -0.3 is 19.5 Å². The summed E-state index contributed by atoms with van der Waals surface area (Å²) in [6.45, 7) is 5.02. The fourth-order valence-corrected chi connectivity index (χ4v) is 2.49. The molecule has 19 heavy (non-hydrogen) atoms. The zero-order chi connectivity index (χ0) is 13.8. The standard InChI is InChI=1S/C15H23NO3/c1-10-7-14(17-3)15(18-4)9-13(10)16-12-5-6-19-11(2)8-12/h7,9,11-12,16H,5-6,8H2,1-4H3. The zero-order valence-electron chi connectivity index (χ0n) is 12.2. The van der Waals surface area contributed by atoms with E-state index in [2.05, 4.69) is 19.2 Å². The maximum Gasteiger partial charge on any atom is 0.162 e. The van der Waals surface area contributed by atoms with Gasteiger partial charge in [0.25, 0.3) is 0 Å². The fourth-order valence-electron chi connectivity index (χ4n) is 2.49. The van der Waals surface area contributed by atoms with Crippen molar-refractivity contribution in [2.24, 2.45) is 0 Å². The molecule has 1 N–H and O–H groups in total. The van der Waals surface area contributed by atoms with Crippen molar-refractivity contribution in [2.75, 3.05) is 26.1 Å². The number of methoxy groups -OCH3 is 2. The molecule has 0 saturated carbocycles. The van der Waals surface area contributed by atoms with Crippen LogP contribution in [0.3, 0.4) is 0 Å². The van der Waals surface area contributed by atoms with E-state index >= 15 is 0 Å². The van der Waals surface area contributed by atoms with Crippen LogP contribution in [0.4, 0.5) is 5.69 Å². The van der Waals surface area contributed by atoms with Crippen LogP contribution in [0.1, 0.15) is 25.3 Å². The molecule has 4 heteroatoms. The maximum atomic E-state index is 5.57. The molecule has 1 aliphatic heterocycles. The summed E-state index contributed by atoms with van der Waals surface area (Å²) in [5.41, 5.74) is 2.27. The van der Waals surface area contributed by atoms with Crippen LogP contribution in [0, 0.1) is 6.92 Å². The van der Waals surface area contributed by atoms with Gasteiger partial charge in [0.05, 0.1) is 20.3 Å². The Bertz CT molecular complexity index is 434. The van der Waals surface area contributed by atoms with E-state index in [-0.39, 0.29) is 0 Å². The molecular formula is C15H23NO3. The quantitative estimate of drug-likeness (QED) is 0.908. The molecule has 0 spiro atoms. The van der Waals surface area contributed by atoms with Gasteiger partial charge in [0.1, 0.15) is 0 Å². The summed E-state index contributed by atoms with van der Waals surface area (Å²) in [4.78, 5) is 0. The molecule has 106 valence electrons. The Morgan fingerprint density at radius 1 is 1.21 bits per heavy atom. The highest BCUT2D eigenvalue weighted by Gasteiger charge is 2.20. The van der Waals surface area contributed by atoms with Crippen molar-refractivity contribution >= 4 is 5.69 Å². The summed E-state index contributed by atoms with van der Waals surface area (Å²) in [5, 5.41) is 3.59. The van der Waals surface area contributed by atoms with E-state index in [1.165, 1.54) is 0 Å². The van der Waals surface area contributed by atoms with Crippen molar-refractivity contribution in [3.63, 3.8) is 0 Å². The lowest BCUT2D eigenvalue weighted by Crippen LogP contribution is -2.32. The summed E-state index contributed by atoms with van der Waals surface area (Å²) < 4.78 is 16.2. The maximum absolute atomic E-state index is 5.57. The van der Waals surface area contributed by atoms with Crippen LogP contribution < -0.4 is 14.8 Å². The number of hydrogen-bond donors (Lipinski definition) is 1. The van der Waals surface area contributed by atoms with E-state index in [1.807, 2.05) is 12.1 Å². The number of nitrogens with one attached hydrogen (secondary N) is 1. The summed E-state index contributed by atoms with van der Waals surface area (Å²) in [7, 11) is 3.32. The molecule has 2 rings (SSSR count). The first-order valence-corrected chi connectivity index (χ1v) is 6.74. The number of rotatable bonds is 4. The third-order valence-corrected chi connectivity index (χ3v) is 3.58. The minimum Gasteiger partial charge on any atom is -0.493 e. The molecule has 0 amide bonds. The molecule has 0 aromatic heterocycles. The van der Waals surface area contributed by atoms with E-state index in [0.29, 0.717) is 12.1 Å². The number of anilines is 1. The van der Waals surface area contributed by atoms with Crippen molar-refractivity contribution in [3.05, 3.63) is 17.7 Å². The van der Waals surface area contributed by atoms with Crippen molar-refractivity contribution in [2.45, 2.75) is 38.8 Å². The van der Waals surface area contributed by atoms with Gasteiger partial charge in [-0.1, -0.05) is 0 Å². The molecule has 0 bridgehead atoms. The van der Waals surface area contributed by atoms with Crippen molar-refractivity contribution in [1.29, 1.82) is 0 Å². The molecular weight excluding hydrogens is 242 g/mol. The minimum absolute atomic E-state index is 0.326. The topological polar surface area (TPSA) is 39.7 Å². The van der Waals surface area contributed by atoms with Crippen LogP contribution in [-0.2, 0) is 4.74 Å². The van der Waals surface area contributed by atoms with Crippen LogP contribution in [0.15, 0.2) is 12.1 Å². The lowest BCUT2D eigenvalue weighted by atomic mass is 10.0. The van der Waals surface area contributed by atoms with Gasteiger partial charge in [-0.25, -0.2) is 0 Å². The Morgan fingerprint density at radius 3 is 2.53 bits per heavy atom. The lowest BCUT2D eigenvalue weighted by Gasteiger charge is -2.29. The van der Waals surface area contributed by atoms with E-state index < -0.39 is 0 Å². The van der Waals surface area contributed by atoms with Crippen LogP contribution in [0.25, 0.3) is 0 Å². The monoisotopic (exact) mass is 265 g/mol. The Hall–Kier alpha value is -1.42. The molecule has 1 saturated heterocycles. The molecule has 0 aliphatic carbocycles. The highest BCUT2D eigenvalue weighted by Crippen LogP contribution is 2.33. The average Bonchev–Trinajstić information content (AvgIpc) is 2.40. The van der Waals surface area contributed by atoms with Gasteiger partial charge in [0, 0.05) is 24.4 Å². The van der Waals surface area contributed by atoms with Gasteiger partial charge in [0.2, 0.25) is 0 Å². The van der Waals surface area contributed by atoms with Gasteiger partial charge in [0.15, 0.2) is 11.5 Å². The molecule has 1 aliphatic rings. The van der Waals surface area contributed by atoms with E-state index in [1.54, 1.807) is 14.2 Å². The first-order valence-electron chi connectivity index (χ1n) is 6.74. The smallest absolute Gasteiger partial charge is 0.162 e. The van der Waals surface area contributed by atoms with Gasteiger partial charge in [-0.3, -0.25) is 0 Å². The number of hydrogen-bond acceptors (Lipinski definition) is 4. The van der Waals surface area contributed by atoms with Crippen molar-refractivity contribution in [3.8, 4) is 11.5 Å². The Labute approximate surface area is 115 Å². The highest BCUT2D eigenvalue weighted by molar-refractivity contribution is 5.60. The highest BCUT2D eigenvalue weighted by atomic mass is 16.5. The van der Waals surface area contributed by atoms with Crippen LogP contribution >= 0.6 is 0 Å². The average molecular weight is 265 g/mol. The molecule has 4 nitrogen and oxygen atoms in total. The van der Waals surface area contributed by atoms with Gasteiger partial charge >= 0.3 is 0 Å². The molecule has 2 atom stereocenters. The first-order chi connectivity index (χ1) is 9.13. The van der Waals surface area contributed by atoms with Crippen molar-refractivity contribution in [1.82, 2.24) is 0 Å². The molecule has 0 radical (unpaired) electrons. The number of ether oxygens (including phenoxy) is 3. The third kappa shape index (κ3) is 3.32. The molecule has 1 aromatic carbocycles. The predicted octanol–water partition coefficient (Wildman–Crippen LogP) is 2.99. The van der Waals surface area contributed by atoms with Crippen LogP contribution in [0.5, 0.6) is 11.5 Å². The van der Waals surface area contributed by atoms with E-state index in [9.17, 15) is 0 Å². The first kappa shape index (κ1) is 14.0. The molecule has 2 unspecified atom stereocenters. The predicted molar refractivity (Wildman–Crippen MR) is 76.3 cm³/mol. The van der Waals surface area contributed by atoms with Crippen molar-refractivity contribution < 1.29 is 14.2 Å². The van der Waals surface area contributed by atoms with Crippen LogP contribution in [-0.4, -0.2) is 33.0 Å². The summed E-state index contributed by atoms with van der Waals surface area (Å²) in [6, 6.07) is 4.47. The normalized spacial score (nSPS) is 22.9. The second kappa shape index (κ2) is 6.15. The van der Waals surface area contributed by atoms with Crippen LogP contribution in [0.2, 0.25) is 0 Å². The third-order valence-electron chi connectivity index (χ3n) is 3.58. The summed E-state index contributed by atoms with van der Waals surface area (Å²) >= 11 is 0. The SMILES string of the molecule is COc1cc(C)c(NC2CCOC(C)C2)cc1OC. The molecule has 1 heterocycles. The van der Waals surface area contributed by atoms with Gasteiger partial charge in [-0.15, -0.1) is 0 Å². The molecule has 1 aromatic rings. The summed E-state index contributed by atoms with van der Waals surface area (Å²) in [6.07, 6.45) is 2.40. The number of aryl methyl sites for hydroxylation is 1. The lowest BCUT2D eigenvalue weighted by molar-refractivity contribution is 0.0232. The van der Waals surface area contributed by atoms with Gasteiger partial charge in [-0.05, 0) is 38.3 Å². The van der Waals surface area contributed by atoms with E-state index in [4.69, 9.17) is 14.2 Å². The summed E-state index contributed by atoms with van der Waals surface area (Å²) in [5.74, 6) is 1.53. The minimum atomic E-state index is 0.326. The Kier molecular flexibility index (Phi) is 4.53.